The van der Waals surface area contributed by atoms with E-state index in [2.05, 4.69) is 10.2 Å². The van der Waals surface area contributed by atoms with Crippen LogP contribution in [0.5, 0.6) is 0 Å². The summed E-state index contributed by atoms with van der Waals surface area (Å²) < 4.78 is 5.55. The lowest BCUT2D eigenvalue weighted by Crippen LogP contribution is -2.10. The van der Waals surface area contributed by atoms with Crippen LogP contribution < -0.4 is 5.73 Å². The van der Waals surface area contributed by atoms with Crippen molar-refractivity contribution >= 4 is 0 Å². The summed E-state index contributed by atoms with van der Waals surface area (Å²) in [4.78, 5) is 0. The van der Waals surface area contributed by atoms with Crippen molar-refractivity contribution in [1.29, 1.82) is 0 Å². The molecule has 0 bridgehead atoms. The molecule has 0 spiro atoms. The first kappa shape index (κ1) is 9.65. The molecule has 0 unspecified atom stereocenters. The highest BCUT2D eigenvalue weighted by atomic mass is 16.4. The molecular formula is C10H17N3O. The van der Waals surface area contributed by atoms with Gasteiger partial charge in [0.1, 0.15) is 0 Å². The average molecular weight is 195 g/mol. The number of aromatic nitrogens is 2. The number of rotatable bonds is 3. The minimum Gasteiger partial charge on any atom is -0.425 e. The topological polar surface area (TPSA) is 64.9 Å². The molecule has 0 amide bonds. The molecule has 4 heteroatoms. The quantitative estimate of drug-likeness (QED) is 0.793. The lowest BCUT2D eigenvalue weighted by Gasteiger charge is -2.04. The highest BCUT2D eigenvalue weighted by molar-refractivity contribution is 4.96. The molecule has 1 aromatic heterocycles. The average Bonchev–Trinajstić information content (AvgIpc) is 2.86. The van der Waals surface area contributed by atoms with Gasteiger partial charge in [-0.05, 0) is 31.7 Å². The third kappa shape index (κ3) is 1.80. The normalized spacial score (nSPS) is 27.0. The van der Waals surface area contributed by atoms with E-state index in [-0.39, 0.29) is 0 Å². The van der Waals surface area contributed by atoms with Gasteiger partial charge in [-0.15, -0.1) is 10.2 Å². The summed E-state index contributed by atoms with van der Waals surface area (Å²) in [5.74, 6) is 2.67. The zero-order valence-electron chi connectivity index (χ0n) is 8.57. The van der Waals surface area contributed by atoms with E-state index < -0.39 is 0 Å². The van der Waals surface area contributed by atoms with Crippen LogP contribution in [0.1, 0.15) is 43.9 Å². The lowest BCUT2D eigenvalue weighted by atomic mass is 10.1. The van der Waals surface area contributed by atoms with Crippen LogP contribution in [-0.4, -0.2) is 16.7 Å². The molecule has 2 rings (SSSR count). The second-order valence-corrected chi connectivity index (χ2v) is 4.00. The monoisotopic (exact) mass is 195 g/mol. The number of nitrogens with two attached hydrogens (primary N) is 1. The summed E-state index contributed by atoms with van der Waals surface area (Å²) >= 11 is 0. The van der Waals surface area contributed by atoms with Crippen molar-refractivity contribution < 1.29 is 4.42 Å². The molecular weight excluding hydrogens is 178 g/mol. The molecule has 0 saturated heterocycles. The molecule has 2 atom stereocenters. The number of hydrogen-bond donors (Lipinski definition) is 1. The summed E-state index contributed by atoms with van der Waals surface area (Å²) in [6.45, 7) is 2.81. The minimum absolute atomic E-state index is 0.455. The Kier molecular flexibility index (Phi) is 2.82. The van der Waals surface area contributed by atoms with Gasteiger partial charge in [-0.3, -0.25) is 0 Å². The largest absolute Gasteiger partial charge is 0.425 e. The fourth-order valence-electron chi connectivity index (χ4n) is 2.09. The van der Waals surface area contributed by atoms with Crippen molar-refractivity contribution in [2.24, 2.45) is 11.7 Å². The van der Waals surface area contributed by atoms with Crippen molar-refractivity contribution in [3.05, 3.63) is 11.8 Å². The molecule has 14 heavy (non-hydrogen) atoms. The molecule has 1 heterocycles. The summed E-state index contributed by atoms with van der Waals surface area (Å²) in [5.41, 5.74) is 5.64. The second-order valence-electron chi connectivity index (χ2n) is 4.00. The molecule has 0 aliphatic heterocycles. The van der Waals surface area contributed by atoms with Crippen molar-refractivity contribution in [2.75, 3.05) is 6.54 Å². The number of hydrogen-bond acceptors (Lipinski definition) is 4. The summed E-state index contributed by atoms with van der Waals surface area (Å²) in [6.07, 6.45) is 4.28. The van der Waals surface area contributed by atoms with Crippen molar-refractivity contribution in [1.82, 2.24) is 10.2 Å². The van der Waals surface area contributed by atoms with E-state index in [1.54, 1.807) is 0 Å². The Labute approximate surface area is 83.9 Å². The Morgan fingerprint density at radius 3 is 2.86 bits per heavy atom. The summed E-state index contributed by atoms with van der Waals surface area (Å²) in [5, 5.41) is 8.06. The molecule has 1 aliphatic carbocycles. The second kappa shape index (κ2) is 4.09. The standard InChI is InChI=1S/C10H17N3O/c1-2-9-12-13-10(14-9)8-4-3-7(5-8)6-11/h7-8H,2-6,11H2,1H3/t7-,8+/m1/s1. The van der Waals surface area contributed by atoms with E-state index in [4.69, 9.17) is 10.2 Å². The van der Waals surface area contributed by atoms with Crippen LogP contribution in [0.2, 0.25) is 0 Å². The highest BCUT2D eigenvalue weighted by Crippen LogP contribution is 2.36. The molecule has 4 nitrogen and oxygen atoms in total. The molecule has 2 N–H and O–H groups in total. The van der Waals surface area contributed by atoms with Crippen LogP contribution >= 0.6 is 0 Å². The van der Waals surface area contributed by atoms with E-state index >= 15 is 0 Å². The SMILES string of the molecule is CCc1nnc([C@H]2CC[C@@H](CN)C2)o1. The van der Waals surface area contributed by atoms with Crippen molar-refractivity contribution in [2.45, 2.75) is 38.5 Å². The van der Waals surface area contributed by atoms with E-state index in [0.29, 0.717) is 11.8 Å². The third-order valence-corrected chi connectivity index (χ3v) is 3.01. The Balaban J connectivity index is 2.02. The van der Waals surface area contributed by atoms with E-state index in [0.717, 1.165) is 37.6 Å². The minimum atomic E-state index is 0.455. The molecule has 0 radical (unpaired) electrons. The molecule has 1 saturated carbocycles. The van der Waals surface area contributed by atoms with Gasteiger partial charge in [-0.2, -0.15) is 0 Å². The maximum absolute atomic E-state index is 5.64. The molecule has 1 aromatic rings. The van der Waals surface area contributed by atoms with Crippen LogP contribution in [0.3, 0.4) is 0 Å². The van der Waals surface area contributed by atoms with Gasteiger partial charge in [0.2, 0.25) is 11.8 Å². The number of aryl methyl sites for hydroxylation is 1. The zero-order chi connectivity index (χ0) is 9.97. The first-order valence-electron chi connectivity index (χ1n) is 5.35. The van der Waals surface area contributed by atoms with E-state index in [1.165, 1.54) is 6.42 Å². The molecule has 1 fully saturated rings. The predicted octanol–water partition coefficient (Wildman–Crippen LogP) is 1.47. The van der Waals surface area contributed by atoms with E-state index in [1.807, 2.05) is 6.92 Å². The maximum atomic E-state index is 5.64. The Morgan fingerprint density at radius 1 is 1.43 bits per heavy atom. The zero-order valence-corrected chi connectivity index (χ0v) is 8.57. The van der Waals surface area contributed by atoms with Crippen LogP contribution in [0.15, 0.2) is 4.42 Å². The highest BCUT2D eigenvalue weighted by Gasteiger charge is 2.28. The maximum Gasteiger partial charge on any atom is 0.219 e. The Morgan fingerprint density at radius 2 is 2.29 bits per heavy atom. The van der Waals surface area contributed by atoms with Crippen LogP contribution in [0.25, 0.3) is 0 Å². The molecule has 78 valence electrons. The van der Waals surface area contributed by atoms with Gasteiger partial charge in [0, 0.05) is 12.3 Å². The van der Waals surface area contributed by atoms with Gasteiger partial charge >= 0.3 is 0 Å². The summed E-state index contributed by atoms with van der Waals surface area (Å²) in [7, 11) is 0. The van der Waals surface area contributed by atoms with Crippen LogP contribution in [0, 0.1) is 5.92 Å². The lowest BCUT2D eigenvalue weighted by molar-refractivity contribution is 0.413. The number of nitrogens with zero attached hydrogens (tertiary/aromatic N) is 2. The van der Waals surface area contributed by atoms with Crippen molar-refractivity contribution in [3.63, 3.8) is 0 Å². The predicted molar refractivity (Wildman–Crippen MR) is 52.8 cm³/mol. The van der Waals surface area contributed by atoms with Gasteiger partial charge in [0.25, 0.3) is 0 Å². The van der Waals surface area contributed by atoms with Gasteiger partial charge < -0.3 is 10.2 Å². The first-order valence-corrected chi connectivity index (χ1v) is 5.35. The van der Waals surface area contributed by atoms with Gasteiger partial charge in [0.05, 0.1) is 0 Å². The van der Waals surface area contributed by atoms with Gasteiger partial charge in [-0.1, -0.05) is 6.92 Å². The fourth-order valence-corrected chi connectivity index (χ4v) is 2.09. The fraction of sp³-hybridized carbons (Fsp3) is 0.800. The molecule has 0 aromatic carbocycles. The van der Waals surface area contributed by atoms with Crippen molar-refractivity contribution in [3.8, 4) is 0 Å². The smallest absolute Gasteiger partial charge is 0.219 e. The molecule has 1 aliphatic rings. The first-order chi connectivity index (χ1) is 6.83. The van der Waals surface area contributed by atoms with Gasteiger partial charge in [0.15, 0.2) is 0 Å². The Hall–Kier alpha value is -0.900. The Bertz CT molecular complexity index is 297. The summed E-state index contributed by atoms with van der Waals surface area (Å²) in [6, 6.07) is 0. The third-order valence-electron chi connectivity index (χ3n) is 3.01. The van der Waals surface area contributed by atoms with Crippen LogP contribution in [-0.2, 0) is 6.42 Å². The van der Waals surface area contributed by atoms with Crippen LogP contribution in [0.4, 0.5) is 0 Å². The van der Waals surface area contributed by atoms with E-state index in [9.17, 15) is 0 Å². The van der Waals surface area contributed by atoms with Gasteiger partial charge in [-0.25, -0.2) is 0 Å².